The van der Waals surface area contributed by atoms with Crippen molar-refractivity contribution in [2.45, 2.75) is 0 Å². The maximum absolute atomic E-state index is 3.78. The molecule has 0 saturated heterocycles. The number of para-hydroxylation sites is 2. The summed E-state index contributed by atoms with van der Waals surface area (Å²) in [4.78, 5) is 0. The predicted molar refractivity (Wildman–Crippen MR) is 179 cm³/mol. The summed E-state index contributed by atoms with van der Waals surface area (Å²) >= 11 is 0. The third-order valence-electron chi connectivity index (χ3n) is 9.38. The van der Waals surface area contributed by atoms with Crippen LogP contribution in [0.25, 0.3) is 55.6 Å². The molecule has 6 heteroatoms. The number of fused-ring (bicyclic) bond motifs is 8. The van der Waals surface area contributed by atoms with Gasteiger partial charge in [0.15, 0.2) is 0 Å². The molecular weight excluding hydrogens is 510 g/mol. The Morgan fingerprint density at radius 1 is 0.310 bits per heavy atom. The summed E-state index contributed by atoms with van der Waals surface area (Å²) in [7, 11) is 0. The minimum absolute atomic E-state index is 0.0511. The Balaban J connectivity index is 1.11. The number of hydrogen-bond acceptors (Lipinski definition) is 4. The van der Waals surface area contributed by atoms with E-state index in [1.807, 2.05) is 0 Å². The molecule has 0 aliphatic carbocycles. The number of anilines is 4. The first-order valence-electron chi connectivity index (χ1n) is 14.6. The van der Waals surface area contributed by atoms with Gasteiger partial charge in [0.25, 0.3) is 0 Å². The lowest BCUT2D eigenvalue weighted by atomic mass is 9.57. The van der Waals surface area contributed by atoms with Crippen LogP contribution in [0.15, 0.2) is 121 Å². The van der Waals surface area contributed by atoms with Gasteiger partial charge < -0.3 is 20.9 Å². The highest BCUT2D eigenvalue weighted by Gasteiger charge is 2.37. The van der Waals surface area contributed by atoms with Gasteiger partial charge in [0, 0.05) is 45.0 Å². The summed E-state index contributed by atoms with van der Waals surface area (Å²) in [6.45, 7) is 0.102. The number of rotatable bonds is 1. The Morgan fingerprint density at radius 2 is 0.667 bits per heavy atom. The smallest absolute Gasteiger partial charge is 0.405 e. The topological polar surface area (TPSA) is 48.1 Å². The van der Waals surface area contributed by atoms with E-state index >= 15 is 0 Å². The molecule has 0 aromatic heterocycles. The molecule has 4 nitrogen and oxygen atoms in total. The van der Waals surface area contributed by atoms with E-state index in [0.717, 1.165) is 11.4 Å². The van der Waals surface area contributed by atoms with Crippen molar-refractivity contribution in [3.8, 4) is 55.6 Å². The van der Waals surface area contributed by atoms with Gasteiger partial charge in [0.1, 0.15) is 0 Å². The van der Waals surface area contributed by atoms with Crippen molar-refractivity contribution in [3.05, 3.63) is 121 Å². The highest BCUT2D eigenvalue weighted by Crippen LogP contribution is 2.43. The SMILES string of the molecule is c1ccc2c(c1)NB1Nc3ccc(-c4ccc5c(c4)-c4cccc6c4B(Nc4ccccc4-6)N5)cc3-c3cccc-2c31. The highest BCUT2D eigenvalue weighted by molar-refractivity contribution is 6.84. The standard InChI is InChI=1S/C36H24B2N4/c1-3-13-31-23(7-1)25-9-5-11-27-29-19-21(15-17-33(29)41-37(39-31)35(25)27)22-16-18-34-30(20-22)28-12-6-10-26-24-8-2-4-14-32(24)40-38(42-34)36(26)28/h1-20,39-42H. The molecule has 4 aliphatic heterocycles. The molecular formula is C36H24B2N4. The van der Waals surface area contributed by atoms with E-state index in [2.05, 4.69) is 142 Å². The maximum atomic E-state index is 3.78. The summed E-state index contributed by atoms with van der Waals surface area (Å²) in [5.74, 6) is 0. The predicted octanol–water partition coefficient (Wildman–Crippen LogP) is 7.11. The Kier molecular flexibility index (Phi) is 4.32. The Morgan fingerprint density at radius 3 is 1.12 bits per heavy atom. The normalized spacial score (nSPS) is 13.9. The first kappa shape index (κ1) is 22.4. The lowest BCUT2D eigenvalue weighted by Gasteiger charge is -2.35. The number of hydrogen-bond donors (Lipinski definition) is 4. The molecule has 0 saturated carbocycles. The largest absolute Gasteiger partial charge is 0.407 e. The zero-order valence-electron chi connectivity index (χ0n) is 22.7. The molecule has 6 aromatic rings. The lowest BCUT2D eigenvalue weighted by molar-refractivity contribution is 1.50. The van der Waals surface area contributed by atoms with Crippen LogP contribution < -0.4 is 31.8 Å². The Labute approximate surface area is 245 Å². The van der Waals surface area contributed by atoms with E-state index in [1.165, 1.54) is 77.9 Å². The van der Waals surface area contributed by atoms with Gasteiger partial charge in [0.2, 0.25) is 0 Å². The van der Waals surface area contributed by atoms with E-state index in [1.54, 1.807) is 0 Å². The molecule has 4 N–H and O–H groups in total. The minimum atomic E-state index is 0.0511. The van der Waals surface area contributed by atoms with Crippen molar-refractivity contribution in [2.24, 2.45) is 0 Å². The molecule has 6 aromatic carbocycles. The van der Waals surface area contributed by atoms with Crippen molar-refractivity contribution in [1.29, 1.82) is 0 Å². The molecule has 10 rings (SSSR count). The third kappa shape index (κ3) is 2.98. The molecule has 4 heterocycles. The van der Waals surface area contributed by atoms with Gasteiger partial charge >= 0.3 is 14.0 Å². The molecule has 0 unspecified atom stereocenters. The zero-order chi connectivity index (χ0) is 27.4. The fourth-order valence-corrected chi connectivity index (χ4v) is 7.51. The molecule has 0 fully saturated rings. The summed E-state index contributed by atoms with van der Waals surface area (Å²) in [5, 5.41) is 15.0. The van der Waals surface area contributed by atoms with E-state index in [-0.39, 0.29) is 14.0 Å². The summed E-state index contributed by atoms with van der Waals surface area (Å²) in [5.41, 5.74) is 19.9. The summed E-state index contributed by atoms with van der Waals surface area (Å²) in [6.07, 6.45) is 0. The van der Waals surface area contributed by atoms with Gasteiger partial charge in [-0.2, -0.15) is 0 Å². The molecule has 194 valence electrons. The zero-order valence-corrected chi connectivity index (χ0v) is 22.7. The second-order valence-electron chi connectivity index (χ2n) is 11.6. The van der Waals surface area contributed by atoms with Crippen molar-refractivity contribution in [2.75, 3.05) is 20.9 Å². The molecule has 4 aliphatic rings. The van der Waals surface area contributed by atoms with Crippen molar-refractivity contribution >= 4 is 47.6 Å². The molecule has 0 bridgehead atoms. The lowest BCUT2D eigenvalue weighted by Crippen LogP contribution is -2.52. The Bertz CT molecular complexity index is 1990. The van der Waals surface area contributed by atoms with E-state index in [0.29, 0.717) is 0 Å². The van der Waals surface area contributed by atoms with Gasteiger partial charge in [0.05, 0.1) is 0 Å². The van der Waals surface area contributed by atoms with Crippen LogP contribution in [0.3, 0.4) is 0 Å². The fourth-order valence-electron chi connectivity index (χ4n) is 7.51. The van der Waals surface area contributed by atoms with Gasteiger partial charge in [-0.1, -0.05) is 84.9 Å². The average molecular weight is 534 g/mol. The van der Waals surface area contributed by atoms with Gasteiger partial charge in [-0.3, -0.25) is 0 Å². The summed E-state index contributed by atoms with van der Waals surface area (Å²) in [6, 6.07) is 44.3. The summed E-state index contributed by atoms with van der Waals surface area (Å²) < 4.78 is 0. The van der Waals surface area contributed by atoms with Gasteiger partial charge in [-0.25, -0.2) is 0 Å². The van der Waals surface area contributed by atoms with E-state index in [4.69, 9.17) is 0 Å². The molecule has 0 amide bonds. The number of benzene rings is 6. The van der Waals surface area contributed by atoms with Crippen LogP contribution in [-0.4, -0.2) is 14.0 Å². The van der Waals surface area contributed by atoms with Crippen LogP contribution in [0.4, 0.5) is 22.7 Å². The third-order valence-corrected chi connectivity index (χ3v) is 9.38. The van der Waals surface area contributed by atoms with Crippen LogP contribution in [0.2, 0.25) is 0 Å². The first-order valence-corrected chi connectivity index (χ1v) is 14.6. The second-order valence-corrected chi connectivity index (χ2v) is 11.6. The van der Waals surface area contributed by atoms with Gasteiger partial charge in [-0.15, -0.1) is 0 Å². The van der Waals surface area contributed by atoms with Crippen LogP contribution >= 0.6 is 0 Å². The van der Waals surface area contributed by atoms with Crippen molar-refractivity contribution in [1.82, 2.24) is 0 Å². The molecule has 42 heavy (non-hydrogen) atoms. The van der Waals surface area contributed by atoms with E-state index < -0.39 is 0 Å². The maximum Gasteiger partial charge on any atom is 0.407 e. The van der Waals surface area contributed by atoms with Gasteiger partial charge in [-0.05, 0) is 80.7 Å². The average Bonchev–Trinajstić information content (AvgIpc) is 3.05. The number of nitrogens with one attached hydrogen (secondary N) is 4. The molecule has 0 radical (unpaired) electrons. The van der Waals surface area contributed by atoms with Crippen LogP contribution in [0.1, 0.15) is 0 Å². The minimum Gasteiger partial charge on any atom is -0.405 e. The van der Waals surface area contributed by atoms with Crippen molar-refractivity contribution < 1.29 is 0 Å². The van der Waals surface area contributed by atoms with Crippen LogP contribution in [-0.2, 0) is 0 Å². The first-order chi connectivity index (χ1) is 20.8. The highest BCUT2D eigenvalue weighted by atomic mass is 15.0. The molecule has 0 spiro atoms. The quantitative estimate of drug-likeness (QED) is 0.170. The van der Waals surface area contributed by atoms with Crippen LogP contribution in [0.5, 0.6) is 0 Å². The van der Waals surface area contributed by atoms with Crippen molar-refractivity contribution in [3.63, 3.8) is 0 Å². The van der Waals surface area contributed by atoms with Crippen LogP contribution in [0, 0.1) is 0 Å². The molecule has 0 atom stereocenters. The monoisotopic (exact) mass is 534 g/mol. The Hall–Kier alpha value is -5.35. The second kappa shape index (κ2) is 8.11. The fraction of sp³-hybridized carbons (Fsp3) is 0. The van der Waals surface area contributed by atoms with E-state index in [9.17, 15) is 0 Å².